The summed E-state index contributed by atoms with van der Waals surface area (Å²) in [6.07, 6.45) is 2.79. The normalized spacial score (nSPS) is 10.9. The van der Waals surface area contributed by atoms with Gasteiger partial charge in [0.05, 0.1) is 16.0 Å². The van der Waals surface area contributed by atoms with Crippen molar-refractivity contribution in [3.8, 4) is 5.82 Å². The van der Waals surface area contributed by atoms with Crippen LogP contribution in [0.3, 0.4) is 0 Å². The van der Waals surface area contributed by atoms with Gasteiger partial charge in [-0.25, -0.2) is 15.0 Å². The maximum atomic E-state index is 11.8. The highest BCUT2D eigenvalue weighted by atomic mass is 35.5. The second kappa shape index (κ2) is 6.65. The number of hydrogen-bond donors (Lipinski definition) is 1. The van der Waals surface area contributed by atoms with Gasteiger partial charge < -0.3 is 5.32 Å². The van der Waals surface area contributed by atoms with E-state index in [1.54, 1.807) is 16.7 Å². The Hall–Kier alpha value is -3.52. The molecule has 2 aromatic heterocycles. The Balaban J connectivity index is 1.88. The minimum Gasteiger partial charge on any atom is -0.334 e. The standard InChI is InChI=1S/C18H13ClN6O2/c1-11-6-7-12(19)8-14(11)23-17-16(25(26)27)18(21-9-20-17)24-10-22-13-4-2-3-5-15(13)24/h2-10H,1H3,(H,20,21,23). The number of anilines is 2. The Bertz CT molecular complexity index is 1170. The smallest absolute Gasteiger partial charge is 0.334 e. The largest absolute Gasteiger partial charge is 0.354 e. The first kappa shape index (κ1) is 16.9. The Morgan fingerprint density at radius 1 is 1.15 bits per heavy atom. The van der Waals surface area contributed by atoms with Crippen molar-refractivity contribution in [3.05, 3.63) is 75.8 Å². The second-order valence-corrected chi connectivity index (χ2v) is 6.28. The summed E-state index contributed by atoms with van der Waals surface area (Å²) in [5.74, 6) is 0.207. The molecule has 0 aliphatic heterocycles. The Morgan fingerprint density at radius 3 is 2.78 bits per heavy atom. The fourth-order valence-corrected chi connectivity index (χ4v) is 2.96. The number of halogens is 1. The number of nitro groups is 1. The summed E-state index contributed by atoms with van der Waals surface area (Å²) in [5, 5.41) is 15.4. The van der Waals surface area contributed by atoms with E-state index in [9.17, 15) is 10.1 Å². The summed E-state index contributed by atoms with van der Waals surface area (Å²) in [7, 11) is 0. The molecule has 0 aliphatic carbocycles. The summed E-state index contributed by atoms with van der Waals surface area (Å²) < 4.78 is 1.57. The van der Waals surface area contributed by atoms with Crippen molar-refractivity contribution < 1.29 is 4.92 Å². The molecular formula is C18H13ClN6O2. The molecule has 8 nitrogen and oxygen atoms in total. The molecule has 0 unspecified atom stereocenters. The molecule has 0 saturated carbocycles. The van der Waals surface area contributed by atoms with Crippen LogP contribution in [0.1, 0.15) is 5.56 Å². The summed E-state index contributed by atoms with van der Waals surface area (Å²) in [5.41, 5.74) is 2.68. The third kappa shape index (κ3) is 3.06. The third-order valence-electron chi connectivity index (χ3n) is 4.12. The van der Waals surface area contributed by atoms with Crippen LogP contribution in [0.4, 0.5) is 17.2 Å². The lowest BCUT2D eigenvalue weighted by Crippen LogP contribution is -2.07. The average molecular weight is 381 g/mol. The molecule has 0 aliphatic rings. The quantitative estimate of drug-likeness (QED) is 0.415. The van der Waals surface area contributed by atoms with Crippen LogP contribution in [0.25, 0.3) is 16.9 Å². The predicted molar refractivity (Wildman–Crippen MR) is 103 cm³/mol. The minimum absolute atomic E-state index is 0.0770. The van der Waals surface area contributed by atoms with Gasteiger partial charge in [-0.15, -0.1) is 0 Å². The fraction of sp³-hybridized carbons (Fsp3) is 0.0556. The number of nitrogens with one attached hydrogen (secondary N) is 1. The molecule has 0 amide bonds. The summed E-state index contributed by atoms with van der Waals surface area (Å²) in [4.78, 5) is 23.8. The molecule has 9 heteroatoms. The number of aromatic nitrogens is 4. The van der Waals surface area contributed by atoms with E-state index in [2.05, 4.69) is 20.3 Å². The fourth-order valence-electron chi connectivity index (χ4n) is 2.79. The molecule has 134 valence electrons. The van der Waals surface area contributed by atoms with E-state index in [-0.39, 0.29) is 17.3 Å². The number of rotatable bonds is 4. The number of para-hydroxylation sites is 2. The lowest BCUT2D eigenvalue weighted by molar-refractivity contribution is -0.384. The Morgan fingerprint density at radius 2 is 1.96 bits per heavy atom. The van der Waals surface area contributed by atoms with Gasteiger partial charge in [-0.3, -0.25) is 14.7 Å². The summed E-state index contributed by atoms with van der Waals surface area (Å²) in [6, 6.07) is 12.6. The van der Waals surface area contributed by atoms with Gasteiger partial charge in [-0.05, 0) is 36.8 Å². The summed E-state index contributed by atoms with van der Waals surface area (Å²) in [6.45, 7) is 1.87. The van der Waals surface area contributed by atoms with Crippen molar-refractivity contribution >= 4 is 39.8 Å². The zero-order valence-electron chi connectivity index (χ0n) is 14.1. The van der Waals surface area contributed by atoms with E-state index in [0.29, 0.717) is 21.7 Å². The molecule has 27 heavy (non-hydrogen) atoms. The van der Waals surface area contributed by atoms with E-state index in [4.69, 9.17) is 11.6 Å². The lowest BCUT2D eigenvalue weighted by atomic mass is 10.2. The highest BCUT2D eigenvalue weighted by Gasteiger charge is 2.25. The average Bonchev–Trinajstić information content (AvgIpc) is 3.08. The van der Waals surface area contributed by atoms with Crippen molar-refractivity contribution in [2.24, 2.45) is 0 Å². The van der Waals surface area contributed by atoms with E-state index in [0.717, 1.165) is 5.56 Å². The molecule has 4 rings (SSSR count). The first-order chi connectivity index (χ1) is 13.0. The first-order valence-electron chi connectivity index (χ1n) is 7.99. The van der Waals surface area contributed by atoms with Crippen molar-refractivity contribution in [1.82, 2.24) is 19.5 Å². The van der Waals surface area contributed by atoms with Gasteiger partial charge in [-0.1, -0.05) is 29.8 Å². The number of fused-ring (bicyclic) bond motifs is 1. The first-order valence-corrected chi connectivity index (χ1v) is 8.37. The number of benzene rings is 2. The zero-order chi connectivity index (χ0) is 19.0. The van der Waals surface area contributed by atoms with Gasteiger partial charge in [0, 0.05) is 10.7 Å². The molecule has 0 radical (unpaired) electrons. The lowest BCUT2D eigenvalue weighted by Gasteiger charge is -2.11. The van der Waals surface area contributed by atoms with E-state index >= 15 is 0 Å². The van der Waals surface area contributed by atoms with Gasteiger partial charge in [-0.2, -0.15) is 0 Å². The molecular weight excluding hydrogens is 368 g/mol. The van der Waals surface area contributed by atoms with Gasteiger partial charge in [0.15, 0.2) is 0 Å². The van der Waals surface area contributed by atoms with Crippen LogP contribution in [0, 0.1) is 17.0 Å². The van der Waals surface area contributed by atoms with Crippen LogP contribution < -0.4 is 5.32 Å². The Labute approximate surface area is 158 Å². The molecule has 0 fully saturated rings. The van der Waals surface area contributed by atoms with Crippen LogP contribution in [-0.4, -0.2) is 24.4 Å². The zero-order valence-corrected chi connectivity index (χ0v) is 14.9. The maximum absolute atomic E-state index is 11.8. The SMILES string of the molecule is Cc1ccc(Cl)cc1Nc1ncnc(-n2cnc3ccccc32)c1[N+](=O)[O-]. The number of imidazole rings is 1. The van der Waals surface area contributed by atoms with Crippen molar-refractivity contribution in [2.75, 3.05) is 5.32 Å². The summed E-state index contributed by atoms with van der Waals surface area (Å²) >= 11 is 6.04. The van der Waals surface area contributed by atoms with Crippen LogP contribution in [-0.2, 0) is 0 Å². The van der Waals surface area contributed by atoms with Gasteiger partial charge in [0.2, 0.25) is 11.6 Å². The molecule has 2 aromatic carbocycles. The van der Waals surface area contributed by atoms with Crippen LogP contribution >= 0.6 is 11.6 Å². The molecule has 4 aromatic rings. The minimum atomic E-state index is -0.508. The van der Waals surface area contributed by atoms with E-state index in [1.807, 2.05) is 37.3 Å². The number of hydrogen-bond acceptors (Lipinski definition) is 6. The van der Waals surface area contributed by atoms with Gasteiger partial charge in [0.1, 0.15) is 12.7 Å². The van der Waals surface area contributed by atoms with Crippen LogP contribution in [0.2, 0.25) is 5.02 Å². The highest BCUT2D eigenvalue weighted by molar-refractivity contribution is 6.30. The van der Waals surface area contributed by atoms with Gasteiger partial charge in [0.25, 0.3) is 0 Å². The highest BCUT2D eigenvalue weighted by Crippen LogP contribution is 2.33. The van der Waals surface area contributed by atoms with Crippen LogP contribution in [0.5, 0.6) is 0 Å². The van der Waals surface area contributed by atoms with Crippen LogP contribution in [0.15, 0.2) is 55.1 Å². The molecule has 0 bridgehead atoms. The van der Waals surface area contributed by atoms with E-state index in [1.165, 1.54) is 12.7 Å². The third-order valence-corrected chi connectivity index (χ3v) is 4.36. The topological polar surface area (TPSA) is 98.8 Å². The molecule has 0 saturated heterocycles. The van der Waals surface area contributed by atoms with Crippen molar-refractivity contribution in [1.29, 1.82) is 0 Å². The second-order valence-electron chi connectivity index (χ2n) is 5.84. The maximum Gasteiger partial charge on any atom is 0.354 e. The molecule has 0 atom stereocenters. The monoisotopic (exact) mass is 380 g/mol. The van der Waals surface area contributed by atoms with Gasteiger partial charge >= 0.3 is 5.69 Å². The molecule has 1 N–H and O–H groups in total. The predicted octanol–water partition coefficient (Wildman–Crippen LogP) is 4.43. The van der Waals surface area contributed by atoms with Crippen molar-refractivity contribution in [3.63, 3.8) is 0 Å². The molecule has 2 heterocycles. The number of aryl methyl sites for hydroxylation is 1. The number of nitrogens with zero attached hydrogens (tertiary/aromatic N) is 5. The van der Waals surface area contributed by atoms with E-state index < -0.39 is 4.92 Å². The van der Waals surface area contributed by atoms with Crippen molar-refractivity contribution in [2.45, 2.75) is 6.92 Å². The molecule has 0 spiro atoms. The Kier molecular flexibility index (Phi) is 4.17.